The van der Waals surface area contributed by atoms with Crippen molar-refractivity contribution in [1.82, 2.24) is 5.32 Å². The van der Waals surface area contributed by atoms with Gasteiger partial charge in [-0.25, -0.2) is 0 Å². The zero-order valence-corrected chi connectivity index (χ0v) is 11.8. The van der Waals surface area contributed by atoms with E-state index in [1.165, 1.54) is 24.3 Å². The van der Waals surface area contributed by atoms with Crippen LogP contribution in [0.5, 0.6) is 0 Å². The fourth-order valence-corrected chi connectivity index (χ4v) is 1.69. The van der Waals surface area contributed by atoms with Crippen LogP contribution in [0, 0.1) is 0 Å². The van der Waals surface area contributed by atoms with Crippen LogP contribution in [-0.2, 0) is 14.3 Å². The highest BCUT2D eigenvalue weighted by atomic mass is 35.5. The third-order valence-corrected chi connectivity index (χ3v) is 2.87. The van der Waals surface area contributed by atoms with Crippen molar-refractivity contribution >= 4 is 23.5 Å². The predicted octanol–water partition coefficient (Wildman–Crippen LogP) is 3.01. The SMILES string of the molecule is COC(=O)CCC(=O)NC(c1ccc(Cl)cc1)C(F)(F)F. The van der Waals surface area contributed by atoms with Gasteiger partial charge in [-0.2, -0.15) is 13.2 Å². The molecule has 1 N–H and O–H groups in total. The molecule has 0 aliphatic rings. The van der Waals surface area contributed by atoms with Crippen molar-refractivity contribution in [3.05, 3.63) is 34.9 Å². The summed E-state index contributed by atoms with van der Waals surface area (Å²) in [6.07, 6.45) is -5.32. The van der Waals surface area contributed by atoms with Gasteiger partial charge in [-0.1, -0.05) is 23.7 Å². The Bertz CT molecular complexity index is 502. The van der Waals surface area contributed by atoms with Crippen molar-refractivity contribution in [2.75, 3.05) is 7.11 Å². The number of methoxy groups -OCH3 is 1. The van der Waals surface area contributed by atoms with Gasteiger partial charge in [0, 0.05) is 11.4 Å². The Morgan fingerprint density at radius 2 is 1.81 bits per heavy atom. The van der Waals surface area contributed by atoms with E-state index < -0.39 is 24.1 Å². The van der Waals surface area contributed by atoms with E-state index >= 15 is 0 Å². The third-order valence-electron chi connectivity index (χ3n) is 2.62. The summed E-state index contributed by atoms with van der Waals surface area (Å²) in [4.78, 5) is 22.4. The number of carbonyl (C=O) groups excluding carboxylic acids is 2. The fourth-order valence-electron chi connectivity index (χ4n) is 1.56. The Morgan fingerprint density at radius 1 is 1.24 bits per heavy atom. The van der Waals surface area contributed by atoms with Crippen LogP contribution in [0.4, 0.5) is 13.2 Å². The van der Waals surface area contributed by atoms with Crippen LogP contribution >= 0.6 is 11.6 Å². The molecular formula is C13H13ClF3NO3. The summed E-state index contributed by atoms with van der Waals surface area (Å²) >= 11 is 5.62. The second-order valence-electron chi connectivity index (χ2n) is 4.17. The smallest absolute Gasteiger partial charge is 0.412 e. The number of alkyl halides is 3. The summed E-state index contributed by atoms with van der Waals surface area (Å²) in [5, 5.41) is 2.15. The number of nitrogens with one attached hydrogen (secondary N) is 1. The first kappa shape index (κ1) is 17.3. The van der Waals surface area contributed by atoms with E-state index in [0.717, 1.165) is 7.11 Å². The van der Waals surface area contributed by atoms with E-state index in [0.29, 0.717) is 0 Å². The van der Waals surface area contributed by atoms with E-state index in [1.54, 1.807) is 0 Å². The molecule has 0 spiro atoms. The number of ether oxygens (including phenoxy) is 1. The minimum absolute atomic E-state index is 0.140. The van der Waals surface area contributed by atoms with Crippen LogP contribution in [0.15, 0.2) is 24.3 Å². The topological polar surface area (TPSA) is 55.4 Å². The molecule has 1 atom stereocenters. The number of esters is 1. The maximum absolute atomic E-state index is 13.0. The molecule has 8 heteroatoms. The Balaban J connectivity index is 2.78. The molecule has 1 rings (SSSR count). The van der Waals surface area contributed by atoms with Crippen LogP contribution in [0.3, 0.4) is 0 Å². The van der Waals surface area contributed by atoms with Crippen LogP contribution in [-0.4, -0.2) is 25.2 Å². The monoisotopic (exact) mass is 323 g/mol. The molecule has 0 radical (unpaired) electrons. The largest absolute Gasteiger partial charge is 0.469 e. The number of hydrogen-bond acceptors (Lipinski definition) is 3. The van der Waals surface area contributed by atoms with Gasteiger partial charge in [-0.3, -0.25) is 9.59 Å². The van der Waals surface area contributed by atoms with E-state index in [9.17, 15) is 22.8 Å². The van der Waals surface area contributed by atoms with Gasteiger partial charge in [0.25, 0.3) is 0 Å². The number of amides is 1. The highest BCUT2D eigenvalue weighted by molar-refractivity contribution is 6.30. The molecule has 1 unspecified atom stereocenters. The van der Waals surface area contributed by atoms with Crippen molar-refractivity contribution in [3.63, 3.8) is 0 Å². The molecule has 116 valence electrons. The van der Waals surface area contributed by atoms with Crippen molar-refractivity contribution in [3.8, 4) is 0 Å². The Morgan fingerprint density at radius 3 is 2.29 bits per heavy atom. The Labute approximate surface area is 124 Å². The standard InChI is InChI=1S/C13H13ClF3NO3/c1-21-11(20)7-6-10(19)18-12(13(15,16)17)8-2-4-9(14)5-3-8/h2-5,12H,6-7H2,1H3,(H,18,19). The molecule has 0 heterocycles. The number of rotatable bonds is 5. The molecule has 0 aliphatic heterocycles. The average Bonchev–Trinajstić information content (AvgIpc) is 2.42. The van der Waals surface area contributed by atoms with Crippen molar-refractivity contribution in [1.29, 1.82) is 0 Å². The third kappa shape index (κ3) is 5.63. The van der Waals surface area contributed by atoms with Gasteiger partial charge in [0.15, 0.2) is 6.04 Å². The lowest BCUT2D eigenvalue weighted by molar-refractivity contribution is -0.163. The van der Waals surface area contributed by atoms with Crippen LogP contribution in [0.2, 0.25) is 5.02 Å². The highest BCUT2D eigenvalue weighted by Crippen LogP contribution is 2.33. The van der Waals surface area contributed by atoms with Crippen LogP contribution in [0.25, 0.3) is 0 Å². The molecule has 1 amide bonds. The molecular weight excluding hydrogens is 311 g/mol. The Kier molecular flexibility index (Phi) is 6.02. The summed E-state index contributed by atoms with van der Waals surface area (Å²) < 4.78 is 43.3. The van der Waals surface area contributed by atoms with Crippen LogP contribution in [0.1, 0.15) is 24.4 Å². The molecule has 4 nitrogen and oxygen atoms in total. The predicted molar refractivity (Wildman–Crippen MR) is 69.6 cm³/mol. The lowest BCUT2D eigenvalue weighted by Crippen LogP contribution is -2.38. The normalized spacial score (nSPS) is 12.6. The zero-order chi connectivity index (χ0) is 16.0. The molecule has 0 aliphatic carbocycles. The average molecular weight is 324 g/mol. The Hall–Kier alpha value is -1.76. The van der Waals surface area contributed by atoms with Gasteiger partial charge in [-0.15, -0.1) is 0 Å². The molecule has 0 saturated carbocycles. The summed E-state index contributed by atoms with van der Waals surface area (Å²) in [6.45, 7) is 0. The molecule has 21 heavy (non-hydrogen) atoms. The van der Waals surface area contributed by atoms with Crippen molar-refractivity contribution in [2.24, 2.45) is 0 Å². The maximum atomic E-state index is 13.0. The number of benzene rings is 1. The van der Waals surface area contributed by atoms with E-state index in [2.05, 4.69) is 4.74 Å². The molecule has 0 fully saturated rings. The minimum atomic E-state index is -4.66. The quantitative estimate of drug-likeness (QED) is 0.847. The second-order valence-corrected chi connectivity index (χ2v) is 4.61. The summed E-state index contributed by atoms with van der Waals surface area (Å²) in [7, 11) is 1.13. The summed E-state index contributed by atoms with van der Waals surface area (Å²) in [5.74, 6) is -1.56. The van der Waals surface area contributed by atoms with Gasteiger partial charge in [0.1, 0.15) is 0 Å². The lowest BCUT2D eigenvalue weighted by atomic mass is 10.1. The fraction of sp³-hybridized carbons (Fsp3) is 0.385. The van der Waals surface area contributed by atoms with Gasteiger partial charge >= 0.3 is 12.1 Å². The molecule has 0 bridgehead atoms. The van der Waals surface area contributed by atoms with E-state index in [4.69, 9.17) is 11.6 Å². The first-order valence-electron chi connectivity index (χ1n) is 5.92. The van der Waals surface area contributed by atoms with Crippen molar-refractivity contribution < 1.29 is 27.5 Å². The van der Waals surface area contributed by atoms with Crippen molar-refractivity contribution in [2.45, 2.75) is 25.1 Å². The summed E-state index contributed by atoms with van der Waals surface area (Å²) in [6, 6.07) is 2.81. The van der Waals surface area contributed by atoms with Gasteiger partial charge in [0.2, 0.25) is 5.91 Å². The first-order valence-corrected chi connectivity index (χ1v) is 6.30. The van der Waals surface area contributed by atoms with E-state index in [1.807, 2.05) is 5.32 Å². The number of hydrogen-bond donors (Lipinski definition) is 1. The highest BCUT2D eigenvalue weighted by Gasteiger charge is 2.41. The first-order chi connectivity index (χ1) is 9.74. The van der Waals surface area contributed by atoms with Gasteiger partial charge < -0.3 is 10.1 Å². The maximum Gasteiger partial charge on any atom is 0.412 e. The van der Waals surface area contributed by atoms with Gasteiger partial charge in [-0.05, 0) is 17.7 Å². The van der Waals surface area contributed by atoms with Crippen LogP contribution < -0.4 is 5.32 Å². The molecule has 0 saturated heterocycles. The summed E-state index contributed by atoms with van der Waals surface area (Å²) in [5.41, 5.74) is -0.140. The van der Waals surface area contributed by atoms with Gasteiger partial charge in [0.05, 0.1) is 13.5 Å². The number of halogens is 4. The molecule has 1 aromatic rings. The zero-order valence-electron chi connectivity index (χ0n) is 11.0. The van der Waals surface area contributed by atoms with E-state index in [-0.39, 0.29) is 23.4 Å². The minimum Gasteiger partial charge on any atom is -0.469 e. The number of carbonyl (C=O) groups is 2. The second kappa shape index (κ2) is 7.31. The molecule has 0 aromatic heterocycles. The molecule has 1 aromatic carbocycles. The lowest BCUT2D eigenvalue weighted by Gasteiger charge is -2.22.